The molecular formula is C12H23N3O. The first kappa shape index (κ1) is 11.9. The lowest BCUT2D eigenvalue weighted by atomic mass is 10.0. The van der Waals surface area contributed by atoms with Crippen LogP contribution in [-0.2, 0) is 4.79 Å². The zero-order valence-corrected chi connectivity index (χ0v) is 10.4. The molecule has 1 amide bonds. The second-order valence-corrected chi connectivity index (χ2v) is 4.90. The van der Waals surface area contributed by atoms with Crippen molar-refractivity contribution in [2.24, 2.45) is 0 Å². The predicted octanol–water partition coefficient (Wildman–Crippen LogP) is 0.291. The fourth-order valence-corrected chi connectivity index (χ4v) is 2.78. The van der Waals surface area contributed by atoms with Gasteiger partial charge in [-0.1, -0.05) is 6.92 Å². The van der Waals surface area contributed by atoms with Gasteiger partial charge in [-0.2, -0.15) is 0 Å². The summed E-state index contributed by atoms with van der Waals surface area (Å²) in [7, 11) is 0. The molecule has 4 nitrogen and oxygen atoms in total. The highest BCUT2D eigenvalue weighted by Crippen LogP contribution is 2.17. The summed E-state index contributed by atoms with van der Waals surface area (Å²) < 4.78 is 0. The number of carbonyl (C=O) groups excluding carboxylic acids is 1. The minimum absolute atomic E-state index is 0.00533. The van der Waals surface area contributed by atoms with Crippen LogP contribution in [0.3, 0.4) is 0 Å². The second kappa shape index (κ2) is 5.15. The largest absolute Gasteiger partial charge is 0.336 e. The second-order valence-electron chi connectivity index (χ2n) is 4.90. The van der Waals surface area contributed by atoms with Crippen LogP contribution in [0.4, 0.5) is 0 Å². The molecule has 2 rings (SSSR count). The predicted molar refractivity (Wildman–Crippen MR) is 64.3 cm³/mol. The SMILES string of the molecule is CCN1CCCC(N2CCNC(C)C2=O)C1. The van der Waals surface area contributed by atoms with Crippen molar-refractivity contribution in [3.05, 3.63) is 0 Å². The topological polar surface area (TPSA) is 35.6 Å². The molecule has 0 spiro atoms. The van der Waals surface area contributed by atoms with Crippen molar-refractivity contribution in [3.8, 4) is 0 Å². The molecule has 16 heavy (non-hydrogen) atoms. The first-order valence-electron chi connectivity index (χ1n) is 6.48. The summed E-state index contributed by atoms with van der Waals surface area (Å²) in [6.07, 6.45) is 2.40. The Kier molecular flexibility index (Phi) is 3.82. The van der Waals surface area contributed by atoms with Gasteiger partial charge in [-0.3, -0.25) is 4.79 Å². The lowest BCUT2D eigenvalue weighted by Gasteiger charge is -2.42. The van der Waals surface area contributed by atoms with Crippen molar-refractivity contribution in [3.63, 3.8) is 0 Å². The number of hydrogen-bond acceptors (Lipinski definition) is 3. The summed E-state index contributed by atoms with van der Waals surface area (Å²) >= 11 is 0. The maximum absolute atomic E-state index is 12.1. The molecule has 2 aliphatic rings. The Morgan fingerprint density at radius 1 is 1.44 bits per heavy atom. The lowest BCUT2D eigenvalue weighted by molar-refractivity contribution is -0.138. The van der Waals surface area contributed by atoms with Crippen LogP contribution in [0.15, 0.2) is 0 Å². The number of hydrogen-bond donors (Lipinski definition) is 1. The molecule has 0 radical (unpaired) electrons. The lowest BCUT2D eigenvalue weighted by Crippen LogP contribution is -2.60. The number of piperidine rings is 1. The standard InChI is InChI=1S/C12H23N3O/c1-3-14-7-4-5-11(9-14)15-8-6-13-10(2)12(15)16/h10-11,13H,3-9H2,1-2H3. The van der Waals surface area contributed by atoms with E-state index in [0.717, 1.165) is 26.2 Å². The monoisotopic (exact) mass is 225 g/mol. The third-order valence-electron chi connectivity index (χ3n) is 3.83. The molecule has 4 heteroatoms. The van der Waals surface area contributed by atoms with E-state index in [-0.39, 0.29) is 11.9 Å². The van der Waals surface area contributed by atoms with Crippen molar-refractivity contribution in [2.45, 2.75) is 38.8 Å². The van der Waals surface area contributed by atoms with E-state index in [1.807, 2.05) is 6.92 Å². The maximum atomic E-state index is 12.1. The Hall–Kier alpha value is -0.610. The van der Waals surface area contributed by atoms with E-state index in [1.165, 1.54) is 19.4 Å². The Morgan fingerprint density at radius 3 is 3.00 bits per heavy atom. The van der Waals surface area contributed by atoms with Crippen LogP contribution >= 0.6 is 0 Å². The van der Waals surface area contributed by atoms with Gasteiger partial charge in [0, 0.05) is 25.7 Å². The Morgan fingerprint density at radius 2 is 2.25 bits per heavy atom. The fourth-order valence-electron chi connectivity index (χ4n) is 2.78. The number of nitrogens with zero attached hydrogens (tertiary/aromatic N) is 2. The molecule has 2 heterocycles. The number of likely N-dealkylation sites (N-methyl/N-ethyl adjacent to an activating group) is 1. The number of rotatable bonds is 2. The highest BCUT2D eigenvalue weighted by molar-refractivity contribution is 5.82. The highest BCUT2D eigenvalue weighted by Gasteiger charge is 2.32. The zero-order chi connectivity index (χ0) is 11.5. The van der Waals surface area contributed by atoms with Crippen LogP contribution in [0.1, 0.15) is 26.7 Å². The smallest absolute Gasteiger partial charge is 0.239 e. The van der Waals surface area contributed by atoms with Crippen molar-refractivity contribution in [1.82, 2.24) is 15.1 Å². The van der Waals surface area contributed by atoms with Crippen molar-refractivity contribution >= 4 is 5.91 Å². The molecule has 2 saturated heterocycles. The summed E-state index contributed by atoms with van der Waals surface area (Å²) in [5, 5.41) is 3.22. The molecule has 2 unspecified atom stereocenters. The van der Waals surface area contributed by atoms with Crippen LogP contribution in [-0.4, -0.2) is 60.5 Å². The Balaban J connectivity index is 1.97. The first-order valence-corrected chi connectivity index (χ1v) is 6.48. The van der Waals surface area contributed by atoms with E-state index in [4.69, 9.17) is 0 Å². The number of nitrogens with one attached hydrogen (secondary N) is 1. The summed E-state index contributed by atoms with van der Waals surface area (Å²) in [5.41, 5.74) is 0. The van der Waals surface area contributed by atoms with Gasteiger partial charge in [-0.25, -0.2) is 0 Å². The molecule has 0 aliphatic carbocycles. The van der Waals surface area contributed by atoms with E-state index in [0.29, 0.717) is 6.04 Å². The minimum atomic E-state index is 0.00533. The third-order valence-corrected chi connectivity index (χ3v) is 3.83. The van der Waals surface area contributed by atoms with Crippen LogP contribution in [0.2, 0.25) is 0 Å². The van der Waals surface area contributed by atoms with Gasteiger partial charge < -0.3 is 15.1 Å². The van der Waals surface area contributed by atoms with E-state index < -0.39 is 0 Å². The van der Waals surface area contributed by atoms with Crippen molar-refractivity contribution in [1.29, 1.82) is 0 Å². The molecule has 2 aliphatic heterocycles. The number of piperazine rings is 1. The normalized spacial score (nSPS) is 33.1. The van der Waals surface area contributed by atoms with E-state index >= 15 is 0 Å². The molecule has 0 saturated carbocycles. The molecule has 0 aromatic carbocycles. The average molecular weight is 225 g/mol. The molecule has 2 fully saturated rings. The van der Waals surface area contributed by atoms with Crippen LogP contribution < -0.4 is 5.32 Å². The summed E-state index contributed by atoms with van der Waals surface area (Å²) in [6, 6.07) is 0.455. The highest BCUT2D eigenvalue weighted by atomic mass is 16.2. The van der Waals surface area contributed by atoms with Gasteiger partial charge in [-0.05, 0) is 32.9 Å². The molecule has 0 aromatic rings. The fraction of sp³-hybridized carbons (Fsp3) is 0.917. The van der Waals surface area contributed by atoms with E-state index in [2.05, 4.69) is 22.0 Å². The summed E-state index contributed by atoms with van der Waals surface area (Å²) in [5.74, 6) is 0.286. The van der Waals surface area contributed by atoms with Crippen LogP contribution in [0.25, 0.3) is 0 Å². The molecule has 2 atom stereocenters. The van der Waals surface area contributed by atoms with Gasteiger partial charge >= 0.3 is 0 Å². The number of amides is 1. The number of likely N-dealkylation sites (tertiary alicyclic amines) is 1. The Labute approximate surface area is 98.0 Å². The number of carbonyl (C=O) groups is 1. The zero-order valence-electron chi connectivity index (χ0n) is 10.4. The summed E-state index contributed by atoms with van der Waals surface area (Å²) in [4.78, 5) is 16.6. The first-order chi connectivity index (χ1) is 7.72. The average Bonchev–Trinajstić information content (AvgIpc) is 2.33. The van der Waals surface area contributed by atoms with Crippen LogP contribution in [0, 0.1) is 0 Å². The van der Waals surface area contributed by atoms with E-state index in [9.17, 15) is 4.79 Å². The van der Waals surface area contributed by atoms with Crippen LogP contribution in [0.5, 0.6) is 0 Å². The molecule has 0 bridgehead atoms. The maximum Gasteiger partial charge on any atom is 0.239 e. The molecule has 0 aromatic heterocycles. The van der Waals surface area contributed by atoms with E-state index in [1.54, 1.807) is 0 Å². The third kappa shape index (κ3) is 2.38. The van der Waals surface area contributed by atoms with Gasteiger partial charge in [0.2, 0.25) is 5.91 Å². The molecule has 92 valence electrons. The molecule has 1 N–H and O–H groups in total. The Bertz CT molecular complexity index is 257. The quantitative estimate of drug-likeness (QED) is 0.734. The van der Waals surface area contributed by atoms with Gasteiger partial charge in [0.1, 0.15) is 0 Å². The minimum Gasteiger partial charge on any atom is -0.336 e. The molecular weight excluding hydrogens is 202 g/mol. The summed E-state index contributed by atoms with van der Waals surface area (Å²) in [6.45, 7) is 9.35. The van der Waals surface area contributed by atoms with Gasteiger partial charge in [0.15, 0.2) is 0 Å². The van der Waals surface area contributed by atoms with Gasteiger partial charge in [0.05, 0.1) is 6.04 Å². The van der Waals surface area contributed by atoms with Gasteiger partial charge in [0.25, 0.3) is 0 Å². The van der Waals surface area contributed by atoms with Crippen molar-refractivity contribution in [2.75, 3.05) is 32.7 Å². The van der Waals surface area contributed by atoms with Gasteiger partial charge in [-0.15, -0.1) is 0 Å². The van der Waals surface area contributed by atoms with Crippen molar-refractivity contribution < 1.29 is 4.79 Å².